The Balaban J connectivity index is 1.90. The summed E-state index contributed by atoms with van der Waals surface area (Å²) < 4.78 is 0. The molecule has 1 amide bonds. The smallest absolute Gasteiger partial charge is 0.255 e. The van der Waals surface area contributed by atoms with Gasteiger partial charge in [0.15, 0.2) is 0 Å². The van der Waals surface area contributed by atoms with Gasteiger partial charge in [-0.2, -0.15) is 0 Å². The fraction of sp³-hybridized carbons (Fsp3) is 0.250. The largest absolute Gasteiger partial charge is 0.332 e. The molecule has 0 saturated carbocycles. The molecule has 1 unspecified atom stereocenters. The second-order valence-electron chi connectivity index (χ2n) is 5.07. The minimum Gasteiger partial charge on any atom is -0.332 e. The highest BCUT2D eigenvalue weighted by atomic mass is 35.5. The van der Waals surface area contributed by atoms with Crippen LogP contribution in [0.25, 0.3) is 0 Å². The lowest BCUT2D eigenvalue weighted by molar-refractivity contribution is 0.0735. The lowest BCUT2D eigenvalue weighted by atomic mass is 10.1. The Kier molecular flexibility index (Phi) is 4.13. The van der Waals surface area contributed by atoms with E-state index in [0.717, 1.165) is 24.9 Å². The highest BCUT2D eigenvalue weighted by Gasteiger charge is 2.31. The van der Waals surface area contributed by atoms with Gasteiger partial charge in [-0.05, 0) is 42.7 Å². The van der Waals surface area contributed by atoms with Crippen molar-refractivity contribution in [1.29, 1.82) is 0 Å². The number of carbonyl (C=O) groups is 1. The van der Waals surface area contributed by atoms with Crippen LogP contribution in [0.3, 0.4) is 0 Å². The van der Waals surface area contributed by atoms with Crippen molar-refractivity contribution < 1.29 is 4.79 Å². The topological polar surface area (TPSA) is 33.2 Å². The number of rotatable bonds is 2. The molecule has 3 nitrogen and oxygen atoms in total. The number of likely N-dealkylation sites (tertiary alicyclic amines) is 1. The van der Waals surface area contributed by atoms with E-state index >= 15 is 0 Å². The second kappa shape index (κ2) is 6.04. The molecule has 0 aliphatic carbocycles. The molecular formula is C16H14Cl2N2O. The molecule has 21 heavy (non-hydrogen) atoms. The zero-order chi connectivity index (χ0) is 14.8. The summed E-state index contributed by atoms with van der Waals surface area (Å²) in [6.07, 6.45) is 5.49. The van der Waals surface area contributed by atoms with E-state index < -0.39 is 0 Å². The van der Waals surface area contributed by atoms with E-state index in [9.17, 15) is 4.79 Å². The van der Waals surface area contributed by atoms with Gasteiger partial charge in [0, 0.05) is 24.0 Å². The zero-order valence-corrected chi connectivity index (χ0v) is 12.8. The predicted molar refractivity (Wildman–Crippen MR) is 83.7 cm³/mol. The van der Waals surface area contributed by atoms with Gasteiger partial charge in [-0.25, -0.2) is 0 Å². The molecule has 1 fully saturated rings. The van der Waals surface area contributed by atoms with Crippen molar-refractivity contribution in [2.45, 2.75) is 18.9 Å². The maximum Gasteiger partial charge on any atom is 0.255 e. The maximum atomic E-state index is 12.7. The molecule has 1 aliphatic rings. The van der Waals surface area contributed by atoms with E-state index in [2.05, 4.69) is 4.98 Å². The first-order chi connectivity index (χ1) is 10.2. The average molecular weight is 321 g/mol. The fourth-order valence-electron chi connectivity index (χ4n) is 2.75. The Morgan fingerprint density at radius 3 is 2.86 bits per heavy atom. The van der Waals surface area contributed by atoms with Crippen LogP contribution in [0.4, 0.5) is 0 Å². The molecule has 0 N–H and O–H groups in total. The summed E-state index contributed by atoms with van der Waals surface area (Å²) in [7, 11) is 0. The summed E-state index contributed by atoms with van der Waals surface area (Å²) in [5.74, 6) is -0.0528. The second-order valence-corrected chi connectivity index (χ2v) is 5.91. The number of halogens is 2. The number of hydrogen-bond acceptors (Lipinski definition) is 2. The third-order valence-corrected chi connectivity index (χ3v) is 4.29. The first-order valence-corrected chi connectivity index (χ1v) is 7.58. The van der Waals surface area contributed by atoms with Crippen LogP contribution in [-0.4, -0.2) is 22.3 Å². The molecule has 0 radical (unpaired) electrons. The summed E-state index contributed by atoms with van der Waals surface area (Å²) in [4.78, 5) is 18.8. The van der Waals surface area contributed by atoms with E-state index in [-0.39, 0.29) is 11.9 Å². The Morgan fingerprint density at radius 1 is 1.29 bits per heavy atom. The normalized spacial score (nSPS) is 18.0. The molecular weight excluding hydrogens is 307 g/mol. The van der Waals surface area contributed by atoms with Gasteiger partial charge in [-0.15, -0.1) is 0 Å². The Labute approximate surface area is 133 Å². The molecule has 2 heterocycles. The standard InChI is InChI=1S/C16H14Cl2N2O/c17-12-5-6-13(14(18)9-12)16(21)20-8-2-4-15(20)11-3-1-7-19-10-11/h1,3,5-7,9-10,15H,2,4,8H2. The molecule has 1 aliphatic heterocycles. The molecule has 5 heteroatoms. The monoisotopic (exact) mass is 320 g/mol. The molecule has 108 valence electrons. The molecule has 1 atom stereocenters. The van der Waals surface area contributed by atoms with Gasteiger partial charge >= 0.3 is 0 Å². The van der Waals surface area contributed by atoms with Gasteiger partial charge in [-0.3, -0.25) is 9.78 Å². The van der Waals surface area contributed by atoms with Crippen molar-refractivity contribution in [1.82, 2.24) is 9.88 Å². The van der Waals surface area contributed by atoms with Gasteiger partial charge in [0.25, 0.3) is 5.91 Å². The van der Waals surface area contributed by atoms with Crippen LogP contribution in [0, 0.1) is 0 Å². The van der Waals surface area contributed by atoms with Crippen LogP contribution in [-0.2, 0) is 0 Å². The van der Waals surface area contributed by atoms with Crippen LogP contribution in [0.15, 0.2) is 42.7 Å². The highest BCUT2D eigenvalue weighted by Crippen LogP contribution is 2.34. The summed E-state index contributed by atoms with van der Waals surface area (Å²) in [5, 5.41) is 0.922. The van der Waals surface area contributed by atoms with Crippen molar-refractivity contribution in [3.8, 4) is 0 Å². The molecule has 3 rings (SSSR count). The minimum atomic E-state index is -0.0528. The Morgan fingerprint density at radius 2 is 2.14 bits per heavy atom. The van der Waals surface area contributed by atoms with Gasteiger partial charge in [0.05, 0.1) is 16.6 Å². The first kappa shape index (κ1) is 14.4. The van der Waals surface area contributed by atoms with Crippen LogP contribution in [0.1, 0.15) is 34.8 Å². The van der Waals surface area contributed by atoms with E-state index in [1.54, 1.807) is 24.4 Å². The van der Waals surface area contributed by atoms with Crippen molar-refractivity contribution in [2.75, 3.05) is 6.54 Å². The van der Waals surface area contributed by atoms with Crippen molar-refractivity contribution in [3.05, 3.63) is 63.9 Å². The summed E-state index contributed by atoms with van der Waals surface area (Å²) in [6, 6.07) is 8.95. The molecule has 1 aromatic heterocycles. The molecule has 1 saturated heterocycles. The quantitative estimate of drug-likeness (QED) is 0.823. The van der Waals surface area contributed by atoms with Crippen LogP contribution >= 0.6 is 23.2 Å². The first-order valence-electron chi connectivity index (χ1n) is 6.83. The third kappa shape index (κ3) is 2.89. The van der Waals surface area contributed by atoms with E-state index in [4.69, 9.17) is 23.2 Å². The SMILES string of the molecule is O=C(c1ccc(Cl)cc1Cl)N1CCCC1c1cccnc1. The number of amides is 1. The maximum absolute atomic E-state index is 12.7. The van der Waals surface area contributed by atoms with Gasteiger partial charge in [0.2, 0.25) is 0 Å². The van der Waals surface area contributed by atoms with Gasteiger partial charge < -0.3 is 4.90 Å². The van der Waals surface area contributed by atoms with E-state index in [1.165, 1.54) is 0 Å². The number of aromatic nitrogens is 1. The summed E-state index contributed by atoms with van der Waals surface area (Å²) >= 11 is 12.0. The number of hydrogen-bond donors (Lipinski definition) is 0. The van der Waals surface area contributed by atoms with E-state index in [0.29, 0.717) is 15.6 Å². The summed E-state index contributed by atoms with van der Waals surface area (Å²) in [6.45, 7) is 0.733. The number of benzene rings is 1. The van der Waals surface area contributed by atoms with Crippen molar-refractivity contribution in [3.63, 3.8) is 0 Å². The lowest BCUT2D eigenvalue weighted by Crippen LogP contribution is -2.30. The average Bonchev–Trinajstić information content (AvgIpc) is 2.97. The number of nitrogens with zero attached hydrogens (tertiary/aromatic N) is 2. The van der Waals surface area contributed by atoms with Crippen molar-refractivity contribution in [2.24, 2.45) is 0 Å². The van der Waals surface area contributed by atoms with E-state index in [1.807, 2.05) is 23.2 Å². The molecule has 2 aromatic rings. The number of carbonyl (C=O) groups excluding carboxylic acids is 1. The molecule has 1 aromatic carbocycles. The third-order valence-electron chi connectivity index (χ3n) is 3.74. The lowest BCUT2D eigenvalue weighted by Gasteiger charge is -2.25. The highest BCUT2D eigenvalue weighted by molar-refractivity contribution is 6.36. The van der Waals surface area contributed by atoms with Crippen LogP contribution in [0.5, 0.6) is 0 Å². The minimum absolute atomic E-state index is 0.0528. The van der Waals surface area contributed by atoms with Crippen LogP contribution < -0.4 is 0 Å². The van der Waals surface area contributed by atoms with Gasteiger partial charge in [0.1, 0.15) is 0 Å². The number of pyridine rings is 1. The Hall–Kier alpha value is -1.58. The van der Waals surface area contributed by atoms with Crippen molar-refractivity contribution >= 4 is 29.1 Å². The molecule has 0 spiro atoms. The van der Waals surface area contributed by atoms with Gasteiger partial charge in [-0.1, -0.05) is 29.3 Å². The Bertz CT molecular complexity index is 661. The molecule has 0 bridgehead atoms. The zero-order valence-electron chi connectivity index (χ0n) is 11.3. The summed E-state index contributed by atoms with van der Waals surface area (Å²) in [5.41, 5.74) is 1.56. The van der Waals surface area contributed by atoms with Crippen LogP contribution in [0.2, 0.25) is 10.0 Å². The predicted octanol–water partition coefficient (Wildman–Crippen LogP) is 4.37. The fourth-order valence-corrected chi connectivity index (χ4v) is 3.24.